The molecule has 1 atom stereocenters. The van der Waals surface area contributed by atoms with Crippen LogP contribution in [0.3, 0.4) is 0 Å². The van der Waals surface area contributed by atoms with Gasteiger partial charge in [-0.15, -0.1) is 0 Å². The van der Waals surface area contributed by atoms with Crippen molar-refractivity contribution in [2.75, 3.05) is 18.4 Å². The van der Waals surface area contributed by atoms with Gasteiger partial charge in [-0.25, -0.2) is 17.8 Å². The molecule has 4 rings (SSSR count). The van der Waals surface area contributed by atoms with Crippen molar-refractivity contribution in [2.24, 2.45) is 0 Å². The van der Waals surface area contributed by atoms with Crippen molar-refractivity contribution in [3.8, 4) is 0 Å². The van der Waals surface area contributed by atoms with E-state index in [2.05, 4.69) is 26.8 Å². The highest BCUT2D eigenvalue weighted by molar-refractivity contribution is 7.88. The summed E-state index contributed by atoms with van der Waals surface area (Å²) < 4.78 is 41.7. The SMILES string of the molecule is O=C(NCC(NS(=O)(=O)Cc1cccc(F)c1)C(=O)O)c1cnn(CCc2ccc3c(n2)NCCC3)c1. The summed E-state index contributed by atoms with van der Waals surface area (Å²) in [6.45, 7) is 0.892. The van der Waals surface area contributed by atoms with Crippen LogP contribution in [-0.4, -0.2) is 59.3 Å². The Labute approximate surface area is 213 Å². The molecule has 0 saturated heterocycles. The van der Waals surface area contributed by atoms with Gasteiger partial charge in [0.1, 0.15) is 17.7 Å². The number of fused-ring (bicyclic) bond motifs is 1. The van der Waals surface area contributed by atoms with Crippen LogP contribution in [-0.2, 0) is 40.0 Å². The number of carboxylic acid groups (broad SMARTS) is 1. The lowest BCUT2D eigenvalue weighted by molar-refractivity contribution is -0.138. The summed E-state index contributed by atoms with van der Waals surface area (Å²) in [6, 6.07) is 7.42. The molecule has 1 aliphatic heterocycles. The first-order valence-corrected chi connectivity index (χ1v) is 13.3. The summed E-state index contributed by atoms with van der Waals surface area (Å²) in [7, 11) is -4.12. The van der Waals surface area contributed by atoms with E-state index in [4.69, 9.17) is 0 Å². The number of carbonyl (C=O) groups excluding carboxylic acids is 1. The Bertz CT molecular complexity index is 1390. The molecule has 2 aromatic heterocycles. The molecule has 196 valence electrons. The number of halogens is 1. The van der Waals surface area contributed by atoms with Gasteiger partial charge in [-0.3, -0.25) is 14.3 Å². The van der Waals surface area contributed by atoms with E-state index >= 15 is 0 Å². The molecule has 0 bridgehead atoms. The van der Waals surface area contributed by atoms with E-state index in [1.54, 1.807) is 4.68 Å². The van der Waals surface area contributed by atoms with E-state index in [-0.39, 0.29) is 11.1 Å². The second-order valence-corrected chi connectivity index (χ2v) is 10.4. The Balaban J connectivity index is 1.30. The van der Waals surface area contributed by atoms with Crippen LogP contribution in [0.2, 0.25) is 0 Å². The quantitative estimate of drug-likeness (QED) is 0.289. The lowest BCUT2D eigenvalue weighted by Gasteiger charge is -2.17. The second-order valence-electron chi connectivity index (χ2n) is 8.69. The van der Waals surface area contributed by atoms with Gasteiger partial charge in [0.2, 0.25) is 10.0 Å². The zero-order chi connectivity index (χ0) is 26.4. The molecule has 1 aromatic carbocycles. The van der Waals surface area contributed by atoms with Gasteiger partial charge in [0, 0.05) is 37.9 Å². The summed E-state index contributed by atoms with van der Waals surface area (Å²) >= 11 is 0. The molecule has 3 heterocycles. The topological polar surface area (TPSA) is 155 Å². The van der Waals surface area contributed by atoms with Gasteiger partial charge >= 0.3 is 5.97 Å². The zero-order valence-electron chi connectivity index (χ0n) is 19.9. The van der Waals surface area contributed by atoms with Gasteiger partial charge in [0.05, 0.1) is 17.5 Å². The van der Waals surface area contributed by atoms with Crippen molar-refractivity contribution >= 4 is 27.7 Å². The van der Waals surface area contributed by atoms with Crippen LogP contribution in [0.5, 0.6) is 0 Å². The van der Waals surface area contributed by atoms with E-state index < -0.39 is 46.1 Å². The number of pyridine rings is 1. The van der Waals surface area contributed by atoms with Crippen molar-refractivity contribution in [1.29, 1.82) is 0 Å². The summed E-state index contributed by atoms with van der Waals surface area (Å²) in [4.78, 5) is 28.7. The minimum Gasteiger partial charge on any atom is -0.480 e. The lowest BCUT2D eigenvalue weighted by Crippen LogP contribution is -2.48. The highest BCUT2D eigenvalue weighted by Crippen LogP contribution is 2.20. The molecule has 3 aromatic rings. The summed E-state index contributed by atoms with van der Waals surface area (Å²) in [5.41, 5.74) is 2.45. The summed E-state index contributed by atoms with van der Waals surface area (Å²) in [6.07, 6.45) is 5.56. The maximum Gasteiger partial charge on any atom is 0.323 e. The highest BCUT2D eigenvalue weighted by atomic mass is 32.2. The summed E-state index contributed by atoms with van der Waals surface area (Å²) in [5.74, 6) is -2.37. The zero-order valence-corrected chi connectivity index (χ0v) is 20.7. The van der Waals surface area contributed by atoms with Crippen LogP contribution >= 0.6 is 0 Å². The monoisotopic (exact) mass is 530 g/mol. The first-order chi connectivity index (χ1) is 17.7. The molecular weight excluding hydrogens is 503 g/mol. The number of carboxylic acids is 1. The number of anilines is 1. The molecule has 1 unspecified atom stereocenters. The van der Waals surface area contributed by atoms with Crippen LogP contribution in [0, 0.1) is 5.82 Å². The Morgan fingerprint density at radius 3 is 2.86 bits per heavy atom. The third kappa shape index (κ3) is 7.33. The number of nitrogens with zero attached hydrogens (tertiary/aromatic N) is 3. The van der Waals surface area contributed by atoms with Gasteiger partial charge in [-0.2, -0.15) is 9.82 Å². The standard InChI is InChI=1S/C24H27FN6O5S/c25-19-5-1-3-16(11-19)15-37(35,36)30-21(24(33)34)13-27-23(32)18-12-28-31(14-18)10-8-20-7-6-17-4-2-9-26-22(17)29-20/h1,3,5-7,11-12,14,21,30H,2,4,8-10,13,15H2,(H,26,29)(H,27,32)(H,33,34). The molecule has 1 amide bonds. The molecule has 37 heavy (non-hydrogen) atoms. The van der Waals surface area contributed by atoms with Crippen LogP contribution in [0.4, 0.5) is 10.2 Å². The van der Waals surface area contributed by atoms with E-state index in [1.807, 2.05) is 10.8 Å². The van der Waals surface area contributed by atoms with Crippen molar-refractivity contribution in [3.63, 3.8) is 0 Å². The van der Waals surface area contributed by atoms with E-state index in [1.165, 1.54) is 36.2 Å². The minimum atomic E-state index is -4.12. The summed E-state index contributed by atoms with van der Waals surface area (Å²) in [5, 5.41) is 19.3. The molecule has 4 N–H and O–H groups in total. The van der Waals surface area contributed by atoms with E-state index in [9.17, 15) is 27.5 Å². The normalized spacial score (nSPS) is 13.9. The molecule has 13 heteroatoms. The number of hydrogen-bond acceptors (Lipinski definition) is 7. The number of aromatic nitrogens is 3. The maximum absolute atomic E-state index is 13.3. The lowest BCUT2D eigenvalue weighted by atomic mass is 10.1. The number of amides is 1. The van der Waals surface area contributed by atoms with Crippen molar-refractivity contribution in [1.82, 2.24) is 24.8 Å². The number of nitrogens with one attached hydrogen (secondary N) is 3. The van der Waals surface area contributed by atoms with Gasteiger partial charge < -0.3 is 15.7 Å². The number of aryl methyl sites for hydroxylation is 3. The van der Waals surface area contributed by atoms with Crippen molar-refractivity contribution < 1.29 is 27.5 Å². The predicted molar refractivity (Wildman–Crippen MR) is 133 cm³/mol. The van der Waals surface area contributed by atoms with E-state index in [0.717, 1.165) is 37.0 Å². The molecule has 0 fully saturated rings. The first-order valence-electron chi connectivity index (χ1n) is 11.7. The molecule has 0 aliphatic carbocycles. The van der Waals surface area contributed by atoms with Gasteiger partial charge in [0.25, 0.3) is 5.91 Å². The number of carbonyl (C=O) groups is 2. The fourth-order valence-electron chi connectivity index (χ4n) is 3.92. The number of sulfonamides is 1. The van der Waals surface area contributed by atoms with E-state index in [0.29, 0.717) is 13.0 Å². The highest BCUT2D eigenvalue weighted by Gasteiger charge is 2.25. The Morgan fingerprint density at radius 2 is 2.08 bits per heavy atom. The number of hydrogen-bond donors (Lipinski definition) is 4. The maximum atomic E-state index is 13.3. The van der Waals surface area contributed by atoms with Crippen molar-refractivity contribution in [3.05, 3.63) is 77.0 Å². The molecule has 0 radical (unpaired) electrons. The Hall–Kier alpha value is -3.84. The van der Waals surface area contributed by atoms with Gasteiger partial charge in [-0.05, 0) is 42.2 Å². The molecule has 1 aliphatic rings. The average Bonchev–Trinajstić information content (AvgIpc) is 3.34. The Kier molecular flexibility index (Phi) is 8.14. The third-order valence-electron chi connectivity index (χ3n) is 5.78. The third-order valence-corrected chi connectivity index (χ3v) is 7.13. The van der Waals surface area contributed by atoms with Crippen LogP contribution in [0.1, 0.15) is 33.6 Å². The van der Waals surface area contributed by atoms with Crippen LogP contribution < -0.4 is 15.4 Å². The fourth-order valence-corrected chi connectivity index (χ4v) is 5.24. The molecular formula is C24H27FN6O5S. The van der Waals surface area contributed by atoms with Crippen LogP contribution in [0.25, 0.3) is 0 Å². The van der Waals surface area contributed by atoms with Gasteiger partial charge in [0.15, 0.2) is 0 Å². The van der Waals surface area contributed by atoms with Gasteiger partial charge in [-0.1, -0.05) is 18.2 Å². The molecule has 0 spiro atoms. The largest absolute Gasteiger partial charge is 0.480 e. The number of rotatable bonds is 11. The number of aliphatic carboxylic acids is 1. The van der Waals surface area contributed by atoms with Crippen LogP contribution in [0.15, 0.2) is 48.8 Å². The minimum absolute atomic E-state index is 0.162. The molecule has 11 nitrogen and oxygen atoms in total. The first kappa shape index (κ1) is 26.2. The molecule has 0 saturated carbocycles. The fraction of sp³-hybridized carbons (Fsp3) is 0.333. The predicted octanol–water partition coefficient (Wildman–Crippen LogP) is 1.32. The smallest absolute Gasteiger partial charge is 0.323 e. The Morgan fingerprint density at radius 1 is 1.24 bits per heavy atom. The van der Waals surface area contributed by atoms with Crippen molar-refractivity contribution in [2.45, 2.75) is 37.6 Å². The average molecular weight is 531 g/mol. The number of benzene rings is 1. The second kappa shape index (κ2) is 11.5.